The van der Waals surface area contributed by atoms with Crippen LogP contribution >= 0.6 is 0 Å². The molecule has 0 unspecified atom stereocenters. The highest BCUT2D eigenvalue weighted by Crippen LogP contribution is 1.94. The van der Waals surface area contributed by atoms with Gasteiger partial charge in [0.25, 0.3) is 5.91 Å². The number of esters is 1. The second-order valence-electron chi connectivity index (χ2n) is 2.47. The van der Waals surface area contributed by atoms with Gasteiger partial charge in [-0.1, -0.05) is 0 Å². The summed E-state index contributed by atoms with van der Waals surface area (Å²) in [5, 5.41) is 4.49. The fourth-order valence-corrected chi connectivity index (χ4v) is 0.939. The lowest BCUT2D eigenvalue weighted by molar-refractivity contribution is -0.152. The van der Waals surface area contributed by atoms with Crippen molar-refractivity contribution in [1.82, 2.24) is 10.6 Å². The van der Waals surface area contributed by atoms with Gasteiger partial charge in [0, 0.05) is 0 Å². The molecule has 0 aromatic heterocycles. The summed E-state index contributed by atoms with van der Waals surface area (Å²) in [6, 6.07) is -1.19. The highest BCUT2D eigenvalue weighted by Gasteiger charge is 2.33. The second kappa shape index (κ2) is 3.88. The normalized spacial score (nSPS) is 21.8. The molecule has 0 aliphatic carbocycles. The standard InChI is InChI=1S/C7H10N2O4/c1-2-13-7(12)5-6(11)8-3-4(10)9-5/h5H,2-3H2,1H3,(H,8,11)(H,9,10)/t5-/m0/s1. The van der Waals surface area contributed by atoms with Crippen LogP contribution in [-0.4, -0.2) is 37.0 Å². The molecule has 1 saturated heterocycles. The largest absolute Gasteiger partial charge is 0.464 e. The molecule has 6 nitrogen and oxygen atoms in total. The van der Waals surface area contributed by atoms with E-state index in [0.717, 1.165) is 0 Å². The number of carbonyl (C=O) groups excluding carboxylic acids is 3. The maximum absolute atomic E-state index is 11.1. The minimum absolute atomic E-state index is 0.0886. The SMILES string of the molecule is CCOC(=O)[C@H]1NC(=O)CNC1=O. The zero-order valence-corrected chi connectivity index (χ0v) is 7.12. The lowest BCUT2D eigenvalue weighted by atomic mass is 10.2. The molecule has 0 saturated carbocycles. The van der Waals surface area contributed by atoms with Crippen LogP contribution in [-0.2, 0) is 19.1 Å². The van der Waals surface area contributed by atoms with E-state index in [1.54, 1.807) is 6.92 Å². The van der Waals surface area contributed by atoms with Gasteiger partial charge < -0.3 is 15.4 Å². The zero-order valence-electron chi connectivity index (χ0n) is 7.12. The summed E-state index contributed by atoms with van der Waals surface area (Å²) in [4.78, 5) is 32.9. The molecular weight excluding hydrogens is 176 g/mol. The summed E-state index contributed by atoms with van der Waals surface area (Å²) < 4.78 is 4.59. The van der Waals surface area contributed by atoms with E-state index in [-0.39, 0.29) is 13.2 Å². The number of nitrogens with one attached hydrogen (secondary N) is 2. The van der Waals surface area contributed by atoms with E-state index in [4.69, 9.17) is 0 Å². The van der Waals surface area contributed by atoms with Gasteiger partial charge in [0.15, 0.2) is 0 Å². The molecule has 6 heteroatoms. The van der Waals surface area contributed by atoms with Gasteiger partial charge in [0.1, 0.15) is 0 Å². The molecule has 1 rings (SSSR count). The first kappa shape index (κ1) is 9.50. The third kappa shape index (κ3) is 2.17. The van der Waals surface area contributed by atoms with E-state index in [2.05, 4.69) is 15.4 Å². The van der Waals surface area contributed by atoms with Crippen LogP contribution < -0.4 is 10.6 Å². The first-order valence-corrected chi connectivity index (χ1v) is 3.89. The van der Waals surface area contributed by atoms with Crippen molar-refractivity contribution in [2.45, 2.75) is 13.0 Å². The first-order valence-electron chi connectivity index (χ1n) is 3.89. The topological polar surface area (TPSA) is 84.5 Å². The van der Waals surface area contributed by atoms with Crippen molar-refractivity contribution in [1.29, 1.82) is 0 Å². The lowest BCUT2D eigenvalue weighted by Gasteiger charge is -2.21. The number of hydrogen-bond acceptors (Lipinski definition) is 4. The van der Waals surface area contributed by atoms with E-state index in [1.165, 1.54) is 0 Å². The molecule has 0 radical (unpaired) electrons. The summed E-state index contributed by atoms with van der Waals surface area (Å²) in [6.07, 6.45) is 0. The molecule has 2 amide bonds. The van der Waals surface area contributed by atoms with Gasteiger partial charge in [-0.25, -0.2) is 4.79 Å². The van der Waals surface area contributed by atoms with Gasteiger partial charge in [-0.15, -0.1) is 0 Å². The summed E-state index contributed by atoms with van der Waals surface area (Å²) in [7, 11) is 0. The van der Waals surface area contributed by atoms with Crippen molar-refractivity contribution in [3.63, 3.8) is 0 Å². The number of carbonyl (C=O) groups is 3. The molecule has 72 valence electrons. The van der Waals surface area contributed by atoms with Gasteiger partial charge in [-0.2, -0.15) is 0 Å². The van der Waals surface area contributed by atoms with E-state index in [0.29, 0.717) is 0 Å². The maximum atomic E-state index is 11.1. The fourth-order valence-electron chi connectivity index (χ4n) is 0.939. The van der Waals surface area contributed by atoms with Crippen LogP contribution in [0.5, 0.6) is 0 Å². The van der Waals surface area contributed by atoms with E-state index >= 15 is 0 Å². The zero-order chi connectivity index (χ0) is 9.84. The van der Waals surface area contributed by atoms with Gasteiger partial charge in [0.05, 0.1) is 13.2 Å². The molecule has 0 spiro atoms. The van der Waals surface area contributed by atoms with Crippen LogP contribution in [0.2, 0.25) is 0 Å². The molecule has 1 atom stereocenters. The molecule has 13 heavy (non-hydrogen) atoms. The van der Waals surface area contributed by atoms with Gasteiger partial charge in [-0.3, -0.25) is 9.59 Å². The van der Waals surface area contributed by atoms with Gasteiger partial charge in [-0.05, 0) is 6.92 Å². The number of hydrogen-bond donors (Lipinski definition) is 2. The predicted molar refractivity (Wildman–Crippen MR) is 41.6 cm³/mol. The van der Waals surface area contributed by atoms with Crippen LogP contribution in [0, 0.1) is 0 Å². The average Bonchev–Trinajstić information content (AvgIpc) is 2.09. The van der Waals surface area contributed by atoms with Crippen molar-refractivity contribution >= 4 is 17.8 Å². The van der Waals surface area contributed by atoms with Crippen molar-refractivity contribution in [3.05, 3.63) is 0 Å². The Morgan fingerprint density at radius 2 is 2.31 bits per heavy atom. The second-order valence-corrected chi connectivity index (χ2v) is 2.47. The van der Waals surface area contributed by atoms with Crippen molar-refractivity contribution in [2.24, 2.45) is 0 Å². The Labute approximate surface area is 74.6 Å². The Hall–Kier alpha value is -1.59. The monoisotopic (exact) mass is 186 g/mol. The van der Waals surface area contributed by atoms with Crippen LogP contribution in [0.15, 0.2) is 0 Å². The van der Waals surface area contributed by atoms with Crippen molar-refractivity contribution < 1.29 is 19.1 Å². The minimum Gasteiger partial charge on any atom is -0.464 e. The van der Waals surface area contributed by atoms with Crippen molar-refractivity contribution in [2.75, 3.05) is 13.2 Å². The van der Waals surface area contributed by atoms with Crippen LogP contribution in [0.3, 0.4) is 0 Å². The summed E-state index contributed by atoms with van der Waals surface area (Å²) in [6.45, 7) is 1.72. The van der Waals surface area contributed by atoms with Crippen LogP contribution in [0.25, 0.3) is 0 Å². The van der Waals surface area contributed by atoms with Crippen molar-refractivity contribution in [3.8, 4) is 0 Å². The van der Waals surface area contributed by atoms with E-state index in [1.807, 2.05) is 0 Å². The highest BCUT2D eigenvalue weighted by atomic mass is 16.5. The summed E-state index contributed by atoms with van der Waals surface area (Å²) >= 11 is 0. The summed E-state index contributed by atoms with van der Waals surface area (Å²) in [5.74, 6) is -1.65. The molecule has 2 N–H and O–H groups in total. The van der Waals surface area contributed by atoms with Gasteiger partial charge >= 0.3 is 5.97 Å². The van der Waals surface area contributed by atoms with E-state index in [9.17, 15) is 14.4 Å². The number of ether oxygens (including phenoxy) is 1. The van der Waals surface area contributed by atoms with Crippen LogP contribution in [0.4, 0.5) is 0 Å². The number of piperazine rings is 1. The summed E-state index contributed by atoms with van der Waals surface area (Å²) in [5.41, 5.74) is 0. The molecule has 1 heterocycles. The highest BCUT2D eigenvalue weighted by molar-refractivity contribution is 6.08. The Balaban J connectivity index is 2.60. The Bertz CT molecular complexity index is 251. The predicted octanol–water partition coefficient (Wildman–Crippen LogP) is -1.84. The Morgan fingerprint density at radius 3 is 2.92 bits per heavy atom. The third-order valence-electron chi connectivity index (χ3n) is 1.51. The third-order valence-corrected chi connectivity index (χ3v) is 1.51. The minimum atomic E-state index is -1.19. The Kier molecular flexibility index (Phi) is 2.84. The van der Waals surface area contributed by atoms with E-state index < -0.39 is 23.8 Å². The quantitative estimate of drug-likeness (QED) is 0.392. The first-order chi connectivity index (χ1) is 6.15. The maximum Gasteiger partial charge on any atom is 0.338 e. The molecule has 1 aliphatic rings. The molecule has 1 fully saturated rings. The Morgan fingerprint density at radius 1 is 1.62 bits per heavy atom. The number of rotatable bonds is 2. The smallest absolute Gasteiger partial charge is 0.338 e. The molecule has 0 aromatic rings. The lowest BCUT2D eigenvalue weighted by Crippen LogP contribution is -2.59. The molecule has 0 aromatic carbocycles. The molecule has 0 bridgehead atoms. The molecule has 1 aliphatic heterocycles. The van der Waals surface area contributed by atoms with Gasteiger partial charge in [0.2, 0.25) is 11.9 Å². The number of amides is 2. The van der Waals surface area contributed by atoms with Crippen LogP contribution in [0.1, 0.15) is 6.92 Å². The average molecular weight is 186 g/mol. The molecular formula is C7H10N2O4. The fraction of sp³-hybridized carbons (Fsp3) is 0.571.